The van der Waals surface area contributed by atoms with Crippen molar-refractivity contribution in [2.45, 2.75) is 0 Å². The van der Waals surface area contributed by atoms with E-state index in [9.17, 15) is 0 Å². The van der Waals surface area contributed by atoms with Crippen molar-refractivity contribution in [1.82, 2.24) is 9.97 Å². The van der Waals surface area contributed by atoms with E-state index in [2.05, 4.69) is 152 Å². The molecule has 46 heavy (non-hydrogen) atoms. The van der Waals surface area contributed by atoms with Crippen molar-refractivity contribution in [1.29, 1.82) is 0 Å². The zero-order chi connectivity index (χ0) is 30.2. The van der Waals surface area contributed by atoms with Gasteiger partial charge in [0.2, 0.25) is 0 Å². The number of fused-ring (bicyclic) bond motifs is 4. The van der Waals surface area contributed by atoms with Gasteiger partial charge in [-0.3, -0.25) is 0 Å². The average Bonchev–Trinajstić information content (AvgIpc) is 3.13. The third-order valence-electron chi connectivity index (χ3n) is 9.61. The number of rotatable bonds is 3. The van der Waals surface area contributed by atoms with Crippen LogP contribution < -0.4 is 0 Å². The zero-order valence-corrected chi connectivity index (χ0v) is 24.9. The molecule has 0 amide bonds. The molecule has 0 radical (unpaired) electrons. The van der Waals surface area contributed by atoms with Gasteiger partial charge < -0.3 is 0 Å². The number of pyridine rings is 2. The zero-order valence-electron chi connectivity index (χ0n) is 24.9. The molecule has 0 saturated carbocycles. The molecule has 0 bridgehead atoms. The minimum Gasteiger partial charge on any atom is -0.245 e. The summed E-state index contributed by atoms with van der Waals surface area (Å²) in [7, 11) is 0. The largest absolute Gasteiger partial charge is 0.245 e. The molecule has 8 aromatic carbocycles. The molecule has 0 aliphatic rings. The molecule has 2 aromatic heterocycles. The van der Waals surface area contributed by atoms with Crippen molar-refractivity contribution in [2.75, 3.05) is 0 Å². The lowest BCUT2D eigenvalue weighted by molar-refractivity contribution is 1.37. The van der Waals surface area contributed by atoms with E-state index < -0.39 is 0 Å². The van der Waals surface area contributed by atoms with E-state index in [0.717, 1.165) is 44.3 Å². The van der Waals surface area contributed by atoms with Crippen LogP contribution >= 0.6 is 0 Å². The van der Waals surface area contributed by atoms with Gasteiger partial charge in [-0.2, -0.15) is 0 Å². The molecule has 0 saturated heterocycles. The standard InChI is InChI=1S/C44H26N2/c1-2-7-27(8-3-1)39-25-19-31-15-16-32-20-26-40(46-44(32)43(31)45-39)37-24-23-35(33-11-4-5-12-34(33)37)36-21-17-30-14-13-28-9-6-10-29-18-22-38(36)42(30)41(28)29/h1-26H. The Labute approximate surface area is 265 Å². The molecule has 10 aromatic rings. The van der Waals surface area contributed by atoms with Gasteiger partial charge in [-0.25, -0.2) is 9.97 Å². The third-order valence-corrected chi connectivity index (χ3v) is 9.61. The van der Waals surface area contributed by atoms with E-state index in [4.69, 9.17) is 9.97 Å². The first-order valence-electron chi connectivity index (χ1n) is 15.8. The van der Waals surface area contributed by atoms with Crippen molar-refractivity contribution in [2.24, 2.45) is 0 Å². The van der Waals surface area contributed by atoms with E-state index >= 15 is 0 Å². The molecular formula is C44H26N2. The summed E-state index contributed by atoms with van der Waals surface area (Å²) >= 11 is 0. The number of aromatic nitrogens is 2. The quantitative estimate of drug-likeness (QED) is 0.194. The van der Waals surface area contributed by atoms with Crippen LogP contribution in [0.1, 0.15) is 0 Å². The summed E-state index contributed by atoms with van der Waals surface area (Å²) in [5.74, 6) is 0. The normalized spacial score (nSPS) is 11.9. The molecule has 2 heterocycles. The summed E-state index contributed by atoms with van der Waals surface area (Å²) in [6.45, 7) is 0. The molecule has 0 N–H and O–H groups in total. The van der Waals surface area contributed by atoms with E-state index in [0.29, 0.717) is 0 Å². The summed E-state index contributed by atoms with van der Waals surface area (Å²) in [6, 6.07) is 56.7. The van der Waals surface area contributed by atoms with E-state index in [-0.39, 0.29) is 0 Å². The van der Waals surface area contributed by atoms with E-state index in [1.54, 1.807) is 0 Å². The Morgan fingerprint density at radius 1 is 0.283 bits per heavy atom. The Balaban J connectivity index is 1.18. The van der Waals surface area contributed by atoms with Gasteiger partial charge in [0.15, 0.2) is 0 Å². The summed E-state index contributed by atoms with van der Waals surface area (Å²) in [4.78, 5) is 10.4. The molecule has 0 aliphatic heterocycles. The van der Waals surface area contributed by atoms with Crippen LogP contribution in [0, 0.1) is 0 Å². The van der Waals surface area contributed by atoms with E-state index in [1.165, 1.54) is 54.2 Å². The second kappa shape index (κ2) is 9.69. The van der Waals surface area contributed by atoms with Gasteiger partial charge in [0, 0.05) is 21.9 Å². The lowest BCUT2D eigenvalue weighted by Crippen LogP contribution is -1.92. The molecule has 0 atom stereocenters. The van der Waals surface area contributed by atoms with Crippen LogP contribution in [-0.4, -0.2) is 9.97 Å². The van der Waals surface area contributed by atoms with Gasteiger partial charge in [0.1, 0.15) is 0 Å². The number of hydrogen-bond donors (Lipinski definition) is 0. The molecular weight excluding hydrogens is 556 g/mol. The van der Waals surface area contributed by atoms with Crippen LogP contribution in [0.5, 0.6) is 0 Å². The number of nitrogens with zero attached hydrogens (tertiary/aromatic N) is 2. The maximum atomic E-state index is 5.30. The van der Waals surface area contributed by atoms with Crippen molar-refractivity contribution in [3.63, 3.8) is 0 Å². The Hall–Kier alpha value is -6.12. The maximum absolute atomic E-state index is 5.30. The van der Waals surface area contributed by atoms with Gasteiger partial charge in [0.25, 0.3) is 0 Å². The van der Waals surface area contributed by atoms with Crippen LogP contribution in [0.4, 0.5) is 0 Å². The van der Waals surface area contributed by atoms with Gasteiger partial charge in [-0.05, 0) is 66.3 Å². The summed E-state index contributed by atoms with van der Waals surface area (Å²) < 4.78 is 0. The Morgan fingerprint density at radius 3 is 1.54 bits per heavy atom. The van der Waals surface area contributed by atoms with Crippen LogP contribution in [0.3, 0.4) is 0 Å². The maximum Gasteiger partial charge on any atom is 0.0972 e. The second-order valence-electron chi connectivity index (χ2n) is 12.1. The first-order valence-corrected chi connectivity index (χ1v) is 15.8. The summed E-state index contributed by atoms with van der Waals surface area (Å²) in [5.41, 5.74) is 8.46. The first-order chi connectivity index (χ1) is 22.8. The minimum atomic E-state index is 0.924. The van der Waals surface area contributed by atoms with Crippen LogP contribution in [0.2, 0.25) is 0 Å². The van der Waals surface area contributed by atoms with E-state index in [1.807, 2.05) is 6.07 Å². The van der Waals surface area contributed by atoms with Crippen molar-refractivity contribution in [3.8, 4) is 33.6 Å². The van der Waals surface area contributed by atoms with Crippen LogP contribution in [0.15, 0.2) is 158 Å². The molecule has 2 nitrogen and oxygen atoms in total. The van der Waals surface area contributed by atoms with Crippen LogP contribution in [-0.2, 0) is 0 Å². The highest BCUT2D eigenvalue weighted by atomic mass is 14.8. The molecule has 2 heteroatoms. The smallest absolute Gasteiger partial charge is 0.0972 e. The number of hydrogen-bond acceptors (Lipinski definition) is 2. The van der Waals surface area contributed by atoms with Crippen molar-refractivity contribution >= 4 is 64.9 Å². The molecule has 0 fully saturated rings. The molecule has 0 unspecified atom stereocenters. The average molecular weight is 583 g/mol. The minimum absolute atomic E-state index is 0.924. The molecule has 0 spiro atoms. The fourth-order valence-electron chi connectivity index (χ4n) is 7.41. The lowest BCUT2D eigenvalue weighted by atomic mass is 9.87. The predicted molar refractivity (Wildman–Crippen MR) is 195 cm³/mol. The van der Waals surface area contributed by atoms with Gasteiger partial charge in [0.05, 0.1) is 22.4 Å². The predicted octanol–water partition coefficient (Wildman–Crippen LogP) is 11.8. The highest BCUT2D eigenvalue weighted by Crippen LogP contribution is 2.42. The molecule has 10 rings (SSSR count). The Morgan fingerprint density at radius 2 is 0.783 bits per heavy atom. The molecule has 0 aliphatic carbocycles. The second-order valence-corrected chi connectivity index (χ2v) is 12.1. The SMILES string of the molecule is c1ccc(-c2ccc3ccc4ccc(-c5ccc(-c6ccc7ccc8cccc9ccc6c7c89)c6ccccc56)nc4c3n2)cc1. The highest BCUT2D eigenvalue weighted by molar-refractivity contribution is 6.26. The van der Waals surface area contributed by atoms with Crippen LogP contribution in [0.25, 0.3) is 98.5 Å². The Bertz CT molecular complexity index is 2780. The number of benzene rings is 8. The van der Waals surface area contributed by atoms with Crippen molar-refractivity contribution < 1.29 is 0 Å². The third kappa shape index (κ3) is 3.71. The topological polar surface area (TPSA) is 25.8 Å². The Kier molecular flexibility index (Phi) is 5.31. The van der Waals surface area contributed by atoms with Crippen molar-refractivity contribution in [3.05, 3.63) is 158 Å². The lowest BCUT2D eigenvalue weighted by Gasteiger charge is -2.16. The summed E-state index contributed by atoms with van der Waals surface area (Å²) in [6.07, 6.45) is 0. The summed E-state index contributed by atoms with van der Waals surface area (Å²) in [5, 5.41) is 12.4. The molecule has 212 valence electrons. The first kappa shape index (κ1) is 25.2. The highest BCUT2D eigenvalue weighted by Gasteiger charge is 2.16. The van der Waals surface area contributed by atoms with Gasteiger partial charge >= 0.3 is 0 Å². The fourth-order valence-corrected chi connectivity index (χ4v) is 7.41. The monoisotopic (exact) mass is 582 g/mol. The van der Waals surface area contributed by atoms with Gasteiger partial charge in [-0.15, -0.1) is 0 Å². The van der Waals surface area contributed by atoms with Gasteiger partial charge in [-0.1, -0.05) is 146 Å². The fraction of sp³-hybridized carbons (Fsp3) is 0.